The second-order valence-electron chi connectivity index (χ2n) is 16.6. The molecule has 8 aromatic rings. The topological polar surface area (TPSA) is 51.8 Å². The van der Waals surface area contributed by atoms with Crippen LogP contribution < -0.4 is 0 Å². The molecule has 8 rings (SSSR count). The summed E-state index contributed by atoms with van der Waals surface area (Å²) < 4.78 is 6.29. The van der Waals surface area contributed by atoms with E-state index in [4.69, 9.17) is 9.40 Å². The summed E-state index contributed by atoms with van der Waals surface area (Å²) in [7, 11) is 0. The van der Waals surface area contributed by atoms with Crippen molar-refractivity contribution >= 4 is 22.1 Å². The van der Waals surface area contributed by atoms with E-state index in [0.717, 1.165) is 63.8 Å². The van der Waals surface area contributed by atoms with E-state index >= 15 is 0 Å². The van der Waals surface area contributed by atoms with Crippen LogP contribution in [0.3, 0.4) is 0 Å². The third-order valence-corrected chi connectivity index (χ3v) is 9.83. The van der Waals surface area contributed by atoms with Crippen molar-refractivity contribution in [2.75, 3.05) is 0 Å². The minimum absolute atomic E-state index is 0. The predicted molar refractivity (Wildman–Crippen MR) is 228 cm³/mol. The van der Waals surface area contributed by atoms with Gasteiger partial charge in [0.2, 0.25) is 5.71 Å². The molecule has 4 aromatic carbocycles. The van der Waals surface area contributed by atoms with Crippen LogP contribution >= 0.6 is 0 Å². The Morgan fingerprint density at radius 3 is 2.12 bits per heavy atom. The molecule has 0 spiro atoms. The number of aromatic nitrogens is 3. The van der Waals surface area contributed by atoms with Crippen LogP contribution in [0.4, 0.5) is 0 Å². The molecule has 4 nitrogen and oxygen atoms in total. The number of hydrogen-bond donors (Lipinski definition) is 0. The smallest absolute Gasteiger partial charge is 0.216 e. The fourth-order valence-electron chi connectivity index (χ4n) is 6.88. The van der Waals surface area contributed by atoms with Gasteiger partial charge in [0.15, 0.2) is 0 Å². The van der Waals surface area contributed by atoms with Crippen LogP contribution in [0.2, 0.25) is 0 Å². The van der Waals surface area contributed by atoms with Crippen LogP contribution in [-0.4, -0.2) is 15.0 Å². The van der Waals surface area contributed by atoms with E-state index in [0.29, 0.717) is 5.71 Å². The minimum atomic E-state index is 0. The van der Waals surface area contributed by atoms with Crippen LogP contribution in [-0.2, 0) is 44.8 Å². The number of nitrogens with zero attached hydrogens (tertiary/aromatic N) is 3. The van der Waals surface area contributed by atoms with Gasteiger partial charge in [0.25, 0.3) is 0 Å². The first-order valence-corrected chi connectivity index (χ1v) is 19.2. The molecule has 0 fully saturated rings. The van der Waals surface area contributed by atoms with Crippen LogP contribution in [0.1, 0.15) is 69.5 Å². The summed E-state index contributed by atoms with van der Waals surface area (Å²) in [6.07, 6.45) is 6.69. The van der Waals surface area contributed by atoms with Gasteiger partial charge in [-0.2, -0.15) is 0 Å². The molecule has 1 radical (unpaired) electrons. The van der Waals surface area contributed by atoms with E-state index < -0.39 is 0 Å². The summed E-state index contributed by atoms with van der Waals surface area (Å²) >= 11 is 0. The maximum atomic E-state index is 6.29. The summed E-state index contributed by atoms with van der Waals surface area (Å²) in [4.78, 5) is 14.1. The fraction of sp³-hybridized carbons (Fsp3) is 0.235. The Balaban J connectivity index is 0.000000197. The summed E-state index contributed by atoms with van der Waals surface area (Å²) in [6.45, 7) is 15.5. The Labute approximate surface area is 345 Å². The zero-order chi connectivity index (χ0) is 38.6. The molecule has 0 saturated heterocycles. The van der Waals surface area contributed by atoms with Crippen molar-refractivity contribution in [3.8, 4) is 33.6 Å². The van der Waals surface area contributed by atoms with E-state index in [-0.39, 0.29) is 30.9 Å². The second-order valence-corrected chi connectivity index (χ2v) is 16.6. The van der Waals surface area contributed by atoms with Crippen LogP contribution in [0.25, 0.3) is 55.7 Å². The van der Waals surface area contributed by atoms with Crippen LogP contribution in [0.15, 0.2) is 138 Å². The molecule has 0 unspecified atom stereocenters. The first kappa shape index (κ1) is 40.4. The Hall–Kier alpha value is -5.22. The monoisotopic (exact) mass is 912 g/mol. The second kappa shape index (κ2) is 17.3. The van der Waals surface area contributed by atoms with Crippen molar-refractivity contribution < 1.29 is 24.5 Å². The first-order chi connectivity index (χ1) is 26.4. The van der Waals surface area contributed by atoms with Crippen molar-refractivity contribution in [1.82, 2.24) is 15.0 Å². The molecular formula is C51H49IrN3O-2. The third kappa shape index (κ3) is 9.77. The molecule has 0 amide bonds. The molecule has 5 heteroatoms. The van der Waals surface area contributed by atoms with Gasteiger partial charge in [0, 0.05) is 43.6 Å². The van der Waals surface area contributed by atoms with Crippen molar-refractivity contribution in [2.24, 2.45) is 5.41 Å². The molecule has 4 heterocycles. The predicted octanol–water partition coefficient (Wildman–Crippen LogP) is 13.0. The van der Waals surface area contributed by atoms with Crippen molar-refractivity contribution in [3.05, 3.63) is 174 Å². The zero-order valence-electron chi connectivity index (χ0n) is 33.4. The number of pyridine rings is 3. The number of furan rings is 1. The Morgan fingerprint density at radius 2 is 1.43 bits per heavy atom. The summed E-state index contributed by atoms with van der Waals surface area (Å²) in [5.74, 6) is 0. The molecule has 0 saturated carbocycles. The van der Waals surface area contributed by atoms with Gasteiger partial charge in [-0.25, -0.2) is 4.98 Å². The SMILES string of the molecule is CC(C)(C)Cc1ccnc(-c2[c-]ccc3c2oc2nc(CCc4ccccc4)ccc23)c1.Cc1c[c-]c(-c2ccc(C(C)(C)C)cn2)cc1-c1ccccc1.[Ir]. The number of aryl methyl sites for hydroxylation is 3. The van der Waals surface area contributed by atoms with Crippen LogP contribution in [0.5, 0.6) is 0 Å². The molecule has 0 aliphatic carbocycles. The minimum Gasteiger partial charge on any atom is -0.486 e. The van der Waals surface area contributed by atoms with E-state index in [1.165, 1.54) is 33.4 Å². The number of rotatable bonds is 7. The summed E-state index contributed by atoms with van der Waals surface area (Å²) in [6, 6.07) is 48.7. The maximum absolute atomic E-state index is 6.29. The first-order valence-electron chi connectivity index (χ1n) is 19.2. The van der Waals surface area contributed by atoms with E-state index in [9.17, 15) is 0 Å². The maximum Gasteiger partial charge on any atom is 0.216 e. The Kier molecular flexibility index (Phi) is 12.5. The van der Waals surface area contributed by atoms with Gasteiger partial charge in [-0.3, -0.25) is 0 Å². The zero-order valence-corrected chi connectivity index (χ0v) is 35.8. The molecule has 56 heavy (non-hydrogen) atoms. The van der Waals surface area contributed by atoms with E-state index in [1.54, 1.807) is 0 Å². The van der Waals surface area contributed by atoms with E-state index in [1.807, 2.05) is 30.6 Å². The van der Waals surface area contributed by atoms with Gasteiger partial charge in [-0.1, -0.05) is 149 Å². The molecule has 0 aliphatic heterocycles. The third-order valence-electron chi connectivity index (χ3n) is 9.83. The van der Waals surface area contributed by atoms with Gasteiger partial charge in [-0.05, 0) is 76.4 Å². The van der Waals surface area contributed by atoms with Crippen molar-refractivity contribution in [1.29, 1.82) is 0 Å². The van der Waals surface area contributed by atoms with Crippen molar-refractivity contribution in [3.63, 3.8) is 0 Å². The number of hydrogen-bond acceptors (Lipinski definition) is 4. The largest absolute Gasteiger partial charge is 0.486 e. The van der Waals surface area contributed by atoms with Crippen LogP contribution in [0, 0.1) is 24.5 Å². The molecule has 0 bridgehead atoms. The molecule has 0 aliphatic rings. The van der Waals surface area contributed by atoms with Gasteiger partial charge in [-0.15, -0.1) is 47.5 Å². The van der Waals surface area contributed by atoms with Crippen molar-refractivity contribution in [2.45, 2.75) is 73.1 Å². The average molecular weight is 912 g/mol. The average Bonchev–Trinajstić information content (AvgIpc) is 3.56. The van der Waals surface area contributed by atoms with Gasteiger partial charge in [0.1, 0.15) is 0 Å². The Bertz CT molecular complexity index is 2530. The molecule has 4 aromatic heterocycles. The standard InChI is InChI=1S/C29H27N2O.C22H22N.Ir/c1-29(2,3)19-21-16-17-30-26(18-21)25-11-7-10-23-24-15-14-22(31-28(24)32-27(23)25)13-12-20-8-5-4-6-9-20;1-16-10-11-18(14-20(16)17-8-6-5-7-9-17)21-13-12-19(15-23-21)22(2,3)4;/h4-10,14-18H,12-13,19H2,1-3H3;5-10,12-15H,1-4H3;/q2*-1;. The number of benzene rings is 4. The molecular weight excluding hydrogens is 863 g/mol. The van der Waals surface area contributed by atoms with Gasteiger partial charge < -0.3 is 14.4 Å². The Morgan fingerprint density at radius 1 is 0.679 bits per heavy atom. The quantitative estimate of drug-likeness (QED) is 0.150. The normalized spacial score (nSPS) is 11.6. The summed E-state index contributed by atoms with van der Waals surface area (Å²) in [5.41, 5.74) is 14.2. The molecule has 0 N–H and O–H groups in total. The summed E-state index contributed by atoms with van der Waals surface area (Å²) in [5, 5.41) is 2.09. The molecule has 285 valence electrons. The van der Waals surface area contributed by atoms with Gasteiger partial charge >= 0.3 is 0 Å². The number of fused-ring (bicyclic) bond motifs is 3. The van der Waals surface area contributed by atoms with E-state index in [2.05, 4.69) is 174 Å². The fourth-order valence-corrected chi connectivity index (χ4v) is 6.88. The van der Waals surface area contributed by atoms with Gasteiger partial charge in [0.05, 0.1) is 5.58 Å². The molecule has 0 atom stereocenters.